The smallest absolute Gasteiger partial charge is 0.0633 e. The molecule has 2 aliphatic rings. The molecule has 62 valence electrons. The molecule has 1 nitrogen and oxygen atoms in total. The fourth-order valence-electron chi connectivity index (χ4n) is 2.52. The molecule has 0 heterocycles. The van der Waals surface area contributed by atoms with Crippen LogP contribution < -0.4 is 0 Å². The molecular weight excluding hydrogens is 136 g/mol. The van der Waals surface area contributed by atoms with E-state index in [2.05, 4.69) is 13.0 Å². The van der Waals surface area contributed by atoms with Crippen molar-refractivity contribution in [3.05, 3.63) is 11.6 Å². The highest BCUT2D eigenvalue weighted by Crippen LogP contribution is 2.48. The number of hydrogen-bond acceptors (Lipinski definition) is 1. The fourth-order valence-corrected chi connectivity index (χ4v) is 2.52. The maximum absolute atomic E-state index is 9.74. The Balaban J connectivity index is 2.32. The number of hydrogen-bond donors (Lipinski definition) is 1. The summed E-state index contributed by atoms with van der Waals surface area (Å²) in [5, 5.41) is 9.74. The molecule has 0 radical (unpaired) electrons. The maximum Gasteiger partial charge on any atom is 0.0633 e. The number of aliphatic hydroxyl groups is 1. The summed E-state index contributed by atoms with van der Waals surface area (Å²) in [5.41, 5.74) is 1.69. The lowest BCUT2D eigenvalue weighted by atomic mass is 9.75. The summed E-state index contributed by atoms with van der Waals surface area (Å²) in [6, 6.07) is 0. The second-order valence-corrected chi connectivity index (χ2v) is 4.09. The third kappa shape index (κ3) is 0.943. The van der Waals surface area contributed by atoms with Crippen molar-refractivity contribution in [3.8, 4) is 0 Å². The van der Waals surface area contributed by atoms with Crippen molar-refractivity contribution in [2.45, 2.75) is 45.1 Å². The van der Waals surface area contributed by atoms with Crippen LogP contribution in [0, 0.1) is 5.41 Å². The van der Waals surface area contributed by atoms with E-state index in [1.54, 1.807) is 0 Å². The van der Waals surface area contributed by atoms with E-state index < -0.39 is 0 Å². The molecule has 1 saturated carbocycles. The largest absolute Gasteiger partial charge is 0.392 e. The molecule has 0 aromatic heterocycles. The topological polar surface area (TPSA) is 20.2 Å². The molecule has 2 aliphatic carbocycles. The van der Waals surface area contributed by atoms with E-state index in [0.29, 0.717) is 0 Å². The SMILES string of the molecule is C[C@]12CCCC=C1CCC2O. The monoisotopic (exact) mass is 152 g/mol. The van der Waals surface area contributed by atoms with Gasteiger partial charge in [0.25, 0.3) is 0 Å². The van der Waals surface area contributed by atoms with Crippen molar-refractivity contribution in [1.29, 1.82) is 0 Å². The van der Waals surface area contributed by atoms with Crippen LogP contribution in [0.2, 0.25) is 0 Å². The zero-order valence-corrected chi connectivity index (χ0v) is 7.14. The quantitative estimate of drug-likeness (QED) is 0.528. The minimum Gasteiger partial charge on any atom is -0.392 e. The Labute approximate surface area is 68.1 Å². The van der Waals surface area contributed by atoms with Crippen LogP contribution in [-0.4, -0.2) is 11.2 Å². The van der Waals surface area contributed by atoms with Crippen molar-refractivity contribution in [2.24, 2.45) is 5.41 Å². The maximum atomic E-state index is 9.74. The molecule has 0 aromatic rings. The molecule has 1 heteroatoms. The first-order chi connectivity index (χ1) is 5.23. The van der Waals surface area contributed by atoms with Gasteiger partial charge in [0.2, 0.25) is 0 Å². The van der Waals surface area contributed by atoms with Gasteiger partial charge in [0.05, 0.1) is 6.10 Å². The second-order valence-electron chi connectivity index (χ2n) is 4.09. The molecular formula is C10H16O. The summed E-state index contributed by atoms with van der Waals surface area (Å²) in [4.78, 5) is 0. The predicted molar refractivity (Wildman–Crippen MR) is 45.3 cm³/mol. The number of rotatable bonds is 0. The third-order valence-corrected chi connectivity index (χ3v) is 3.45. The Morgan fingerprint density at radius 2 is 2.45 bits per heavy atom. The zero-order valence-electron chi connectivity index (χ0n) is 7.14. The standard InChI is InChI=1S/C10H16O/c1-10-7-3-2-4-8(10)5-6-9(10)11/h4,9,11H,2-3,5-7H2,1H3/t9?,10-/m0/s1. The van der Waals surface area contributed by atoms with Crippen molar-refractivity contribution in [1.82, 2.24) is 0 Å². The number of aliphatic hydroxyl groups excluding tert-OH is 1. The molecule has 1 N–H and O–H groups in total. The first kappa shape index (κ1) is 7.35. The highest BCUT2D eigenvalue weighted by Gasteiger charge is 2.42. The van der Waals surface area contributed by atoms with Gasteiger partial charge in [-0.25, -0.2) is 0 Å². The lowest BCUT2D eigenvalue weighted by Gasteiger charge is -2.32. The molecule has 11 heavy (non-hydrogen) atoms. The Hall–Kier alpha value is -0.300. The van der Waals surface area contributed by atoms with Crippen molar-refractivity contribution >= 4 is 0 Å². The van der Waals surface area contributed by atoms with Crippen LogP contribution >= 0.6 is 0 Å². The van der Waals surface area contributed by atoms with E-state index in [9.17, 15) is 5.11 Å². The highest BCUT2D eigenvalue weighted by molar-refractivity contribution is 5.23. The van der Waals surface area contributed by atoms with Crippen LogP contribution in [0.4, 0.5) is 0 Å². The summed E-state index contributed by atoms with van der Waals surface area (Å²) in [7, 11) is 0. The zero-order chi connectivity index (χ0) is 7.90. The molecule has 1 unspecified atom stereocenters. The average Bonchev–Trinajstić information content (AvgIpc) is 2.29. The van der Waals surface area contributed by atoms with E-state index in [-0.39, 0.29) is 11.5 Å². The fraction of sp³-hybridized carbons (Fsp3) is 0.800. The van der Waals surface area contributed by atoms with Crippen LogP contribution in [0.15, 0.2) is 11.6 Å². The van der Waals surface area contributed by atoms with Gasteiger partial charge < -0.3 is 5.11 Å². The average molecular weight is 152 g/mol. The van der Waals surface area contributed by atoms with Crippen molar-refractivity contribution in [3.63, 3.8) is 0 Å². The second kappa shape index (κ2) is 2.34. The van der Waals surface area contributed by atoms with Crippen molar-refractivity contribution in [2.75, 3.05) is 0 Å². The Morgan fingerprint density at radius 3 is 3.18 bits per heavy atom. The summed E-state index contributed by atoms with van der Waals surface area (Å²) in [6.07, 6.45) is 8.10. The Bertz CT molecular complexity index is 195. The molecule has 0 bridgehead atoms. The van der Waals surface area contributed by atoms with E-state index in [1.807, 2.05) is 0 Å². The van der Waals surface area contributed by atoms with Gasteiger partial charge in [-0.15, -0.1) is 0 Å². The molecule has 2 rings (SSSR count). The van der Waals surface area contributed by atoms with Crippen molar-refractivity contribution < 1.29 is 5.11 Å². The highest BCUT2D eigenvalue weighted by atomic mass is 16.3. The van der Waals surface area contributed by atoms with E-state index in [4.69, 9.17) is 0 Å². The summed E-state index contributed by atoms with van der Waals surface area (Å²) in [6.45, 7) is 2.22. The van der Waals surface area contributed by atoms with Gasteiger partial charge in [-0.2, -0.15) is 0 Å². The van der Waals surface area contributed by atoms with Crippen LogP contribution in [0.1, 0.15) is 39.0 Å². The van der Waals surface area contributed by atoms with Gasteiger partial charge >= 0.3 is 0 Å². The van der Waals surface area contributed by atoms with Gasteiger partial charge in [0.15, 0.2) is 0 Å². The van der Waals surface area contributed by atoms with Gasteiger partial charge in [-0.3, -0.25) is 0 Å². The molecule has 2 atom stereocenters. The van der Waals surface area contributed by atoms with Gasteiger partial charge in [0.1, 0.15) is 0 Å². The first-order valence-corrected chi connectivity index (χ1v) is 4.61. The summed E-state index contributed by atoms with van der Waals surface area (Å²) >= 11 is 0. The lowest BCUT2D eigenvalue weighted by molar-refractivity contribution is 0.0740. The minimum atomic E-state index is -0.0611. The van der Waals surface area contributed by atoms with Gasteiger partial charge in [-0.1, -0.05) is 18.6 Å². The molecule has 0 spiro atoms. The molecule has 0 aromatic carbocycles. The van der Waals surface area contributed by atoms with Crippen LogP contribution in [-0.2, 0) is 0 Å². The first-order valence-electron chi connectivity index (χ1n) is 4.61. The van der Waals surface area contributed by atoms with E-state index >= 15 is 0 Å². The molecule has 1 fully saturated rings. The van der Waals surface area contributed by atoms with Gasteiger partial charge in [0, 0.05) is 5.41 Å². The normalized spacial score (nSPS) is 43.5. The third-order valence-electron chi connectivity index (χ3n) is 3.45. The van der Waals surface area contributed by atoms with Gasteiger partial charge in [-0.05, 0) is 32.1 Å². The Morgan fingerprint density at radius 1 is 1.64 bits per heavy atom. The Kier molecular flexibility index (Phi) is 1.57. The summed E-state index contributed by atoms with van der Waals surface area (Å²) < 4.78 is 0. The minimum absolute atomic E-state index is 0.0611. The predicted octanol–water partition coefficient (Wildman–Crippen LogP) is 2.26. The number of fused-ring (bicyclic) bond motifs is 1. The van der Waals surface area contributed by atoms with Crippen LogP contribution in [0.5, 0.6) is 0 Å². The number of allylic oxidation sites excluding steroid dienone is 1. The lowest BCUT2D eigenvalue weighted by Crippen LogP contribution is -2.29. The summed E-state index contributed by atoms with van der Waals surface area (Å²) in [5.74, 6) is 0. The molecule has 0 saturated heterocycles. The van der Waals surface area contributed by atoms with Crippen LogP contribution in [0.25, 0.3) is 0 Å². The van der Waals surface area contributed by atoms with E-state index in [0.717, 1.165) is 12.8 Å². The van der Waals surface area contributed by atoms with Crippen LogP contribution in [0.3, 0.4) is 0 Å². The molecule has 0 amide bonds. The molecule has 0 aliphatic heterocycles. The van der Waals surface area contributed by atoms with E-state index in [1.165, 1.54) is 24.8 Å².